The molecular weight excluding hydrogens is 196 g/mol. The zero-order chi connectivity index (χ0) is 10.9. The Morgan fingerprint density at radius 2 is 1.57 bits per heavy atom. The van der Waals surface area contributed by atoms with Gasteiger partial charge in [-0.3, -0.25) is 0 Å². The maximum absolute atomic E-state index is 9.31. The SMILES string of the molecule is OC[C@H](O)[C@@H]1O[C@H](O)[C@H](O)[C@H](O)[C@@H]1O. The molecule has 0 unspecified atom stereocenters. The average Bonchev–Trinajstić information content (AvgIpc) is 2.19. The van der Waals surface area contributed by atoms with Gasteiger partial charge < -0.3 is 35.4 Å². The molecule has 1 fully saturated rings. The van der Waals surface area contributed by atoms with Gasteiger partial charge in [-0.2, -0.15) is 0 Å². The summed E-state index contributed by atoms with van der Waals surface area (Å²) in [5.41, 5.74) is 0. The zero-order valence-electron chi connectivity index (χ0n) is 7.26. The predicted molar refractivity (Wildman–Crippen MR) is 42.0 cm³/mol. The molecule has 0 aromatic carbocycles. The second-order valence-corrected chi connectivity index (χ2v) is 3.21. The topological polar surface area (TPSA) is 131 Å². The van der Waals surface area contributed by atoms with Gasteiger partial charge in [0.05, 0.1) is 6.61 Å². The molecule has 1 aliphatic rings. The highest BCUT2D eigenvalue weighted by Gasteiger charge is 2.45. The van der Waals surface area contributed by atoms with Crippen LogP contribution in [0.15, 0.2) is 0 Å². The van der Waals surface area contributed by atoms with Gasteiger partial charge in [-0.05, 0) is 0 Å². The Morgan fingerprint density at radius 3 is 2.07 bits per heavy atom. The van der Waals surface area contributed by atoms with E-state index in [4.69, 9.17) is 20.4 Å². The van der Waals surface area contributed by atoms with Crippen molar-refractivity contribution in [2.45, 2.75) is 36.8 Å². The largest absolute Gasteiger partial charge is 0.394 e. The summed E-state index contributed by atoms with van der Waals surface area (Å²) < 4.78 is 4.62. The summed E-state index contributed by atoms with van der Waals surface area (Å²) >= 11 is 0. The normalized spacial score (nSPS) is 46.3. The Balaban J connectivity index is 2.70. The van der Waals surface area contributed by atoms with Crippen LogP contribution in [-0.4, -0.2) is 74.1 Å². The standard InChI is InChI=1S/C7H14O7/c8-1-2(9)6-4(11)3(10)5(12)7(13)14-6/h2-13H,1H2/t2-,3+,4-,5+,6-,7-/m0/s1. The van der Waals surface area contributed by atoms with Crippen molar-refractivity contribution in [3.05, 3.63) is 0 Å². The van der Waals surface area contributed by atoms with Crippen molar-refractivity contribution in [1.82, 2.24) is 0 Å². The van der Waals surface area contributed by atoms with E-state index in [1.54, 1.807) is 0 Å². The molecule has 1 rings (SSSR count). The number of hydrogen-bond donors (Lipinski definition) is 6. The minimum absolute atomic E-state index is 0.683. The summed E-state index contributed by atoms with van der Waals surface area (Å²) in [7, 11) is 0. The molecule has 14 heavy (non-hydrogen) atoms. The number of rotatable bonds is 2. The lowest BCUT2D eigenvalue weighted by Crippen LogP contribution is -2.61. The van der Waals surface area contributed by atoms with Crippen LogP contribution in [0.5, 0.6) is 0 Å². The van der Waals surface area contributed by atoms with E-state index in [0.29, 0.717) is 0 Å². The lowest BCUT2D eigenvalue weighted by atomic mass is 9.96. The minimum atomic E-state index is -1.69. The molecule has 0 aliphatic carbocycles. The smallest absolute Gasteiger partial charge is 0.184 e. The first-order valence-corrected chi connectivity index (χ1v) is 4.15. The van der Waals surface area contributed by atoms with E-state index in [1.807, 2.05) is 0 Å². The van der Waals surface area contributed by atoms with Crippen LogP contribution in [0.4, 0.5) is 0 Å². The van der Waals surface area contributed by atoms with Gasteiger partial charge in [0.25, 0.3) is 0 Å². The van der Waals surface area contributed by atoms with E-state index in [0.717, 1.165) is 0 Å². The van der Waals surface area contributed by atoms with Gasteiger partial charge in [0.2, 0.25) is 0 Å². The summed E-state index contributed by atoms with van der Waals surface area (Å²) in [6.45, 7) is -0.683. The van der Waals surface area contributed by atoms with Crippen molar-refractivity contribution in [2.75, 3.05) is 6.61 Å². The molecule has 0 saturated carbocycles. The molecule has 0 radical (unpaired) electrons. The third kappa shape index (κ3) is 2.04. The average molecular weight is 210 g/mol. The number of aliphatic hydroxyl groups excluding tert-OH is 6. The lowest BCUT2D eigenvalue weighted by molar-refractivity contribution is -0.298. The Morgan fingerprint density at radius 1 is 1.00 bits per heavy atom. The van der Waals surface area contributed by atoms with Crippen LogP contribution >= 0.6 is 0 Å². The van der Waals surface area contributed by atoms with Crippen molar-refractivity contribution < 1.29 is 35.4 Å². The van der Waals surface area contributed by atoms with E-state index >= 15 is 0 Å². The van der Waals surface area contributed by atoms with Crippen LogP contribution in [0.25, 0.3) is 0 Å². The van der Waals surface area contributed by atoms with Crippen LogP contribution in [0, 0.1) is 0 Å². The number of ether oxygens (including phenoxy) is 1. The predicted octanol–water partition coefficient (Wildman–Crippen LogP) is -3.86. The first-order chi connectivity index (χ1) is 6.49. The molecular formula is C7H14O7. The molecule has 1 aliphatic heterocycles. The van der Waals surface area contributed by atoms with Crippen molar-refractivity contribution in [3.8, 4) is 0 Å². The van der Waals surface area contributed by atoms with Gasteiger partial charge >= 0.3 is 0 Å². The maximum atomic E-state index is 9.31. The Hall–Kier alpha value is -0.280. The van der Waals surface area contributed by atoms with Crippen LogP contribution in [0.1, 0.15) is 0 Å². The summed E-state index contributed by atoms with van der Waals surface area (Å²) in [5.74, 6) is 0. The fourth-order valence-corrected chi connectivity index (χ4v) is 1.31. The summed E-state index contributed by atoms with van der Waals surface area (Å²) in [5, 5.41) is 54.3. The van der Waals surface area contributed by atoms with E-state index in [2.05, 4.69) is 4.74 Å². The van der Waals surface area contributed by atoms with Gasteiger partial charge in [-0.25, -0.2) is 0 Å². The summed E-state index contributed by atoms with van der Waals surface area (Å²) in [6.07, 6.45) is -9.26. The van der Waals surface area contributed by atoms with E-state index in [9.17, 15) is 10.2 Å². The lowest BCUT2D eigenvalue weighted by Gasteiger charge is -2.39. The third-order valence-electron chi connectivity index (χ3n) is 2.19. The van der Waals surface area contributed by atoms with Crippen LogP contribution in [0.2, 0.25) is 0 Å². The summed E-state index contributed by atoms with van der Waals surface area (Å²) in [6, 6.07) is 0. The quantitative estimate of drug-likeness (QED) is 0.275. The molecule has 0 spiro atoms. The first-order valence-electron chi connectivity index (χ1n) is 4.15. The minimum Gasteiger partial charge on any atom is -0.394 e. The molecule has 0 aromatic rings. The molecule has 6 N–H and O–H groups in total. The van der Waals surface area contributed by atoms with E-state index in [1.165, 1.54) is 0 Å². The fourth-order valence-electron chi connectivity index (χ4n) is 1.31. The highest BCUT2D eigenvalue weighted by atomic mass is 16.6. The van der Waals surface area contributed by atoms with E-state index in [-0.39, 0.29) is 0 Å². The van der Waals surface area contributed by atoms with Gasteiger partial charge in [-0.15, -0.1) is 0 Å². The zero-order valence-corrected chi connectivity index (χ0v) is 7.26. The molecule has 1 saturated heterocycles. The van der Waals surface area contributed by atoms with Crippen LogP contribution in [0.3, 0.4) is 0 Å². The van der Waals surface area contributed by atoms with Gasteiger partial charge in [0, 0.05) is 0 Å². The van der Waals surface area contributed by atoms with Gasteiger partial charge in [-0.1, -0.05) is 0 Å². The highest BCUT2D eigenvalue weighted by molar-refractivity contribution is 4.91. The maximum Gasteiger partial charge on any atom is 0.184 e. The second-order valence-electron chi connectivity index (χ2n) is 3.21. The number of aliphatic hydroxyl groups is 6. The van der Waals surface area contributed by atoms with Crippen LogP contribution in [-0.2, 0) is 4.74 Å². The monoisotopic (exact) mass is 210 g/mol. The molecule has 84 valence electrons. The van der Waals surface area contributed by atoms with Crippen molar-refractivity contribution >= 4 is 0 Å². The van der Waals surface area contributed by atoms with E-state index < -0.39 is 43.4 Å². The Labute approximate surface area is 79.8 Å². The third-order valence-corrected chi connectivity index (χ3v) is 2.19. The molecule has 7 nitrogen and oxygen atoms in total. The molecule has 0 amide bonds. The highest BCUT2D eigenvalue weighted by Crippen LogP contribution is 2.21. The molecule has 0 bridgehead atoms. The summed E-state index contributed by atoms with van der Waals surface area (Å²) in [4.78, 5) is 0. The van der Waals surface area contributed by atoms with Gasteiger partial charge in [0.1, 0.15) is 30.5 Å². The number of hydrogen-bond acceptors (Lipinski definition) is 7. The first kappa shape index (κ1) is 11.8. The molecule has 6 atom stereocenters. The Bertz CT molecular complexity index is 187. The van der Waals surface area contributed by atoms with Crippen molar-refractivity contribution in [3.63, 3.8) is 0 Å². The molecule has 7 heteroatoms. The van der Waals surface area contributed by atoms with Gasteiger partial charge in [0.15, 0.2) is 6.29 Å². The van der Waals surface area contributed by atoms with Crippen LogP contribution < -0.4 is 0 Å². The van der Waals surface area contributed by atoms with Crippen molar-refractivity contribution in [1.29, 1.82) is 0 Å². The molecule has 1 heterocycles. The Kier molecular flexibility index (Phi) is 3.78. The van der Waals surface area contributed by atoms with Crippen molar-refractivity contribution in [2.24, 2.45) is 0 Å². The molecule has 0 aromatic heterocycles. The second kappa shape index (κ2) is 4.49. The fraction of sp³-hybridized carbons (Fsp3) is 1.00.